The summed E-state index contributed by atoms with van der Waals surface area (Å²) in [6, 6.07) is 13.8. The molecule has 3 heteroatoms. The number of hydrogen-bond acceptors (Lipinski definition) is 3. The lowest BCUT2D eigenvalue weighted by atomic mass is 10.1. The van der Waals surface area contributed by atoms with Gasteiger partial charge in [0.1, 0.15) is 12.4 Å². The molecule has 2 aromatic carbocycles. The summed E-state index contributed by atoms with van der Waals surface area (Å²) in [4.78, 5) is 0. The maximum Gasteiger partial charge on any atom is 0.122 e. The highest BCUT2D eigenvalue weighted by Gasteiger charge is 2.03. The number of nitrogens with zero attached hydrogens (tertiary/aromatic N) is 1. The molecule has 2 rings (SSSR count). The molecule has 0 aromatic heterocycles. The average Bonchev–Trinajstić information content (AvgIpc) is 2.42. The monoisotopic (exact) mass is 255 g/mol. The van der Waals surface area contributed by atoms with Crippen molar-refractivity contribution in [2.75, 3.05) is 0 Å². The quantitative estimate of drug-likeness (QED) is 0.514. The first-order valence-corrected chi connectivity index (χ1v) is 6.16. The molecule has 0 aliphatic heterocycles. The van der Waals surface area contributed by atoms with Crippen molar-refractivity contribution < 1.29 is 9.94 Å². The van der Waals surface area contributed by atoms with E-state index in [9.17, 15) is 0 Å². The van der Waals surface area contributed by atoms with Crippen LogP contribution in [0.15, 0.2) is 47.6 Å². The van der Waals surface area contributed by atoms with Gasteiger partial charge < -0.3 is 9.94 Å². The van der Waals surface area contributed by atoms with Gasteiger partial charge in [-0.1, -0.05) is 41.6 Å². The van der Waals surface area contributed by atoms with Gasteiger partial charge in [0.15, 0.2) is 0 Å². The number of aryl methyl sites for hydroxylation is 2. The fourth-order valence-corrected chi connectivity index (χ4v) is 1.87. The number of ether oxygens (including phenoxy) is 1. The smallest absolute Gasteiger partial charge is 0.122 e. The Morgan fingerprint density at radius 3 is 2.74 bits per heavy atom. The molecule has 0 spiro atoms. The van der Waals surface area contributed by atoms with E-state index in [-0.39, 0.29) is 0 Å². The predicted molar refractivity (Wildman–Crippen MR) is 76.1 cm³/mol. The normalized spacial score (nSPS) is 10.8. The van der Waals surface area contributed by atoms with Gasteiger partial charge in [-0.2, -0.15) is 0 Å². The van der Waals surface area contributed by atoms with E-state index in [2.05, 4.69) is 11.2 Å². The molecular weight excluding hydrogens is 238 g/mol. The topological polar surface area (TPSA) is 41.8 Å². The van der Waals surface area contributed by atoms with Crippen molar-refractivity contribution in [1.29, 1.82) is 0 Å². The first kappa shape index (κ1) is 13.1. The van der Waals surface area contributed by atoms with Crippen molar-refractivity contribution >= 4 is 6.21 Å². The van der Waals surface area contributed by atoms with Crippen molar-refractivity contribution in [3.63, 3.8) is 0 Å². The summed E-state index contributed by atoms with van der Waals surface area (Å²) in [6.07, 6.45) is 1.42. The van der Waals surface area contributed by atoms with Crippen LogP contribution in [0.1, 0.15) is 22.3 Å². The van der Waals surface area contributed by atoms with Crippen molar-refractivity contribution in [3.05, 3.63) is 64.7 Å². The summed E-state index contributed by atoms with van der Waals surface area (Å²) < 4.78 is 5.85. The number of rotatable bonds is 4. The molecule has 0 saturated heterocycles. The lowest BCUT2D eigenvalue weighted by molar-refractivity contribution is 0.303. The minimum absolute atomic E-state index is 0.451. The van der Waals surface area contributed by atoms with Crippen molar-refractivity contribution in [2.45, 2.75) is 20.5 Å². The van der Waals surface area contributed by atoms with Crippen LogP contribution in [-0.4, -0.2) is 11.4 Å². The lowest BCUT2D eigenvalue weighted by Gasteiger charge is -2.11. The van der Waals surface area contributed by atoms with Crippen LogP contribution < -0.4 is 4.74 Å². The van der Waals surface area contributed by atoms with E-state index in [1.54, 1.807) is 0 Å². The number of oxime groups is 1. The van der Waals surface area contributed by atoms with E-state index < -0.39 is 0 Å². The minimum atomic E-state index is 0.451. The van der Waals surface area contributed by atoms with Crippen LogP contribution in [0.4, 0.5) is 0 Å². The van der Waals surface area contributed by atoms with Gasteiger partial charge in [-0.05, 0) is 36.6 Å². The first-order chi connectivity index (χ1) is 9.20. The molecule has 3 nitrogen and oxygen atoms in total. The van der Waals surface area contributed by atoms with E-state index in [1.165, 1.54) is 11.8 Å². The van der Waals surface area contributed by atoms with E-state index >= 15 is 0 Å². The van der Waals surface area contributed by atoms with Crippen LogP contribution in [-0.2, 0) is 6.61 Å². The Balaban J connectivity index is 2.16. The van der Waals surface area contributed by atoms with E-state index in [1.807, 2.05) is 50.2 Å². The highest BCUT2D eigenvalue weighted by atomic mass is 16.5. The zero-order chi connectivity index (χ0) is 13.7. The molecule has 2 aromatic rings. The summed E-state index contributed by atoms with van der Waals surface area (Å²) in [5, 5.41) is 11.7. The molecule has 0 amide bonds. The lowest BCUT2D eigenvalue weighted by Crippen LogP contribution is -2.01. The van der Waals surface area contributed by atoms with Gasteiger partial charge in [-0.3, -0.25) is 0 Å². The average molecular weight is 255 g/mol. The van der Waals surface area contributed by atoms with Crippen molar-refractivity contribution in [3.8, 4) is 5.75 Å². The van der Waals surface area contributed by atoms with Crippen molar-refractivity contribution in [1.82, 2.24) is 0 Å². The molecular formula is C16H17NO2. The SMILES string of the molecule is Cc1ccc(C)c(OCc2ccccc2C=NO)c1. The Labute approximate surface area is 113 Å². The Bertz CT molecular complexity index is 591. The Kier molecular flexibility index (Phi) is 4.18. The molecule has 0 aliphatic carbocycles. The van der Waals surface area contributed by atoms with Gasteiger partial charge >= 0.3 is 0 Å². The van der Waals surface area contributed by atoms with Crippen LogP contribution >= 0.6 is 0 Å². The summed E-state index contributed by atoms with van der Waals surface area (Å²) in [5.74, 6) is 0.885. The fourth-order valence-electron chi connectivity index (χ4n) is 1.87. The predicted octanol–water partition coefficient (Wildman–Crippen LogP) is 3.69. The number of hydrogen-bond donors (Lipinski definition) is 1. The molecule has 0 fully saturated rings. The molecule has 98 valence electrons. The second-order valence-corrected chi connectivity index (χ2v) is 4.50. The Morgan fingerprint density at radius 2 is 1.95 bits per heavy atom. The van der Waals surface area contributed by atoms with E-state index in [0.717, 1.165) is 22.4 Å². The number of benzene rings is 2. The molecule has 0 saturated carbocycles. The van der Waals surface area contributed by atoms with Gasteiger partial charge in [-0.25, -0.2) is 0 Å². The third kappa shape index (κ3) is 3.35. The molecule has 0 bridgehead atoms. The summed E-state index contributed by atoms with van der Waals surface area (Å²) >= 11 is 0. The second-order valence-electron chi connectivity index (χ2n) is 4.50. The molecule has 0 atom stereocenters. The van der Waals surface area contributed by atoms with Crippen LogP contribution in [0.5, 0.6) is 5.75 Å². The standard InChI is InChI=1S/C16H17NO2/c1-12-7-8-13(2)16(9-12)19-11-15-6-4-3-5-14(15)10-17-18/h3-10,18H,11H2,1-2H3. The zero-order valence-corrected chi connectivity index (χ0v) is 11.1. The third-order valence-electron chi connectivity index (χ3n) is 2.98. The van der Waals surface area contributed by atoms with Crippen LogP contribution in [0.25, 0.3) is 0 Å². The van der Waals surface area contributed by atoms with Gasteiger partial charge in [0, 0.05) is 5.56 Å². The van der Waals surface area contributed by atoms with E-state index in [4.69, 9.17) is 9.94 Å². The molecule has 1 N–H and O–H groups in total. The van der Waals surface area contributed by atoms with E-state index in [0.29, 0.717) is 6.61 Å². The van der Waals surface area contributed by atoms with Crippen molar-refractivity contribution in [2.24, 2.45) is 5.16 Å². The molecule has 0 unspecified atom stereocenters. The van der Waals surface area contributed by atoms with Gasteiger partial charge in [-0.15, -0.1) is 0 Å². The largest absolute Gasteiger partial charge is 0.489 e. The van der Waals surface area contributed by atoms with Crippen LogP contribution in [0, 0.1) is 13.8 Å². The second kappa shape index (κ2) is 6.05. The fraction of sp³-hybridized carbons (Fsp3) is 0.188. The third-order valence-corrected chi connectivity index (χ3v) is 2.98. The Hall–Kier alpha value is -2.29. The maximum absolute atomic E-state index is 8.64. The summed E-state index contributed by atoms with van der Waals surface area (Å²) in [7, 11) is 0. The molecule has 19 heavy (non-hydrogen) atoms. The van der Waals surface area contributed by atoms with Crippen LogP contribution in [0.2, 0.25) is 0 Å². The summed E-state index contributed by atoms with van der Waals surface area (Å²) in [5.41, 5.74) is 4.13. The highest BCUT2D eigenvalue weighted by molar-refractivity contribution is 5.81. The van der Waals surface area contributed by atoms with Gasteiger partial charge in [0.2, 0.25) is 0 Å². The van der Waals surface area contributed by atoms with Gasteiger partial charge in [0.25, 0.3) is 0 Å². The van der Waals surface area contributed by atoms with Gasteiger partial charge in [0.05, 0.1) is 6.21 Å². The zero-order valence-electron chi connectivity index (χ0n) is 11.1. The maximum atomic E-state index is 8.64. The minimum Gasteiger partial charge on any atom is -0.489 e. The highest BCUT2D eigenvalue weighted by Crippen LogP contribution is 2.21. The Morgan fingerprint density at radius 1 is 1.16 bits per heavy atom. The van der Waals surface area contributed by atoms with Crippen LogP contribution in [0.3, 0.4) is 0 Å². The molecule has 0 heterocycles. The molecule has 0 aliphatic rings. The molecule has 0 radical (unpaired) electrons. The first-order valence-electron chi connectivity index (χ1n) is 6.16. The summed E-state index contributed by atoms with van der Waals surface area (Å²) in [6.45, 7) is 4.51.